The molecule has 0 aromatic heterocycles. The fraction of sp³-hybridized carbons (Fsp3) is 0.632. The first-order chi connectivity index (χ1) is 11.5. The van der Waals surface area contributed by atoms with Crippen LogP contribution >= 0.6 is 0 Å². The van der Waals surface area contributed by atoms with E-state index in [0.29, 0.717) is 18.7 Å². The molecule has 1 atom stereocenters. The number of alkyl halides is 3. The van der Waals surface area contributed by atoms with Gasteiger partial charge in [0.25, 0.3) is 0 Å². The van der Waals surface area contributed by atoms with E-state index in [1.807, 2.05) is 20.8 Å². The van der Waals surface area contributed by atoms with Crippen molar-refractivity contribution in [1.29, 1.82) is 0 Å². The van der Waals surface area contributed by atoms with Gasteiger partial charge in [0.2, 0.25) is 0 Å². The molecule has 1 aromatic rings. The van der Waals surface area contributed by atoms with E-state index in [0.717, 1.165) is 25.3 Å². The first-order valence-corrected chi connectivity index (χ1v) is 8.66. The number of likely N-dealkylation sites (tertiary alicyclic amines) is 1. The van der Waals surface area contributed by atoms with Crippen LogP contribution in [0.3, 0.4) is 0 Å². The van der Waals surface area contributed by atoms with Crippen molar-refractivity contribution < 1.29 is 22.7 Å². The van der Waals surface area contributed by atoms with Gasteiger partial charge in [-0.15, -0.1) is 0 Å². The second kappa shape index (κ2) is 5.92. The number of amides is 1. The van der Waals surface area contributed by atoms with Crippen LogP contribution in [0.2, 0.25) is 0 Å². The van der Waals surface area contributed by atoms with Crippen LogP contribution in [0.15, 0.2) is 24.3 Å². The molecular weight excluding hydrogens is 331 g/mol. The number of carbonyl (C=O) groups excluding carboxylic acids is 1. The molecule has 3 rings (SSSR count). The molecule has 2 aliphatic rings. The van der Waals surface area contributed by atoms with Gasteiger partial charge >= 0.3 is 12.3 Å². The molecule has 1 unspecified atom stereocenters. The van der Waals surface area contributed by atoms with Gasteiger partial charge in [0.1, 0.15) is 5.60 Å². The van der Waals surface area contributed by atoms with Crippen LogP contribution in [-0.2, 0) is 10.9 Å². The van der Waals surface area contributed by atoms with Gasteiger partial charge in [0, 0.05) is 13.1 Å². The minimum Gasteiger partial charge on any atom is -0.444 e. The number of nitrogens with zero attached hydrogens (tertiary/aromatic N) is 1. The van der Waals surface area contributed by atoms with Crippen LogP contribution in [0.4, 0.5) is 18.0 Å². The smallest absolute Gasteiger partial charge is 0.416 e. The predicted molar refractivity (Wildman–Crippen MR) is 88.3 cm³/mol. The van der Waals surface area contributed by atoms with E-state index < -0.39 is 17.3 Å². The van der Waals surface area contributed by atoms with Gasteiger partial charge in [0.15, 0.2) is 0 Å². The molecule has 1 aliphatic carbocycles. The summed E-state index contributed by atoms with van der Waals surface area (Å²) in [5.41, 5.74) is -0.757. The minimum atomic E-state index is -4.32. The van der Waals surface area contributed by atoms with Crippen molar-refractivity contribution in [3.8, 4) is 0 Å². The van der Waals surface area contributed by atoms with E-state index >= 15 is 0 Å². The molecule has 0 N–H and O–H groups in total. The van der Waals surface area contributed by atoms with Crippen molar-refractivity contribution in [1.82, 2.24) is 4.90 Å². The molecule has 1 aliphatic heterocycles. The number of piperidine rings is 1. The highest BCUT2D eigenvalue weighted by Gasteiger charge is 2.57. The van der Waals surface area contributed by atoms with E-state index in [2.05, 4.69) is 0 Å². The second-order valence-corrected chi connectivity index (χ2v) is 8.17. The van der Waals surface area contributed by atoms with E-state index in [4.69, 9.17) is 4.74 Å². The van der Waals surface area contributed by atoms with E-state index in [9.17, 15) is 18.0 Å². The third-order valence-electron chi connectivity index (χ3n) is 5.24. The zero-order valence-electron chi connectivity index (χ0n) is 14.8. The molecule has 1 saturated carbocycles. The van der Waals surface area contributed by atoms with Crippen LogP contribution in [0, 0.1) is 5.41 Å². The molecule has 2 fully saturated rings. The van der Waals surface area contributed by atoms with Gasteiger partial charge < -0.3 is 9.64 Å². The number of carbonyl (C=O) groups is 1. The summed E-state index contributed by atoms with van der Waals surface area (Å²) in [6.45, 7) is 6.54. The summed E-state index contributed by atoms with van der Waals surface area (Å²) >= 11 is 0. The summed E-state index contributed by atoms with van der Waals surface area (Å²) < 4.78 is 45.1. The number of halogens is 3. The van der Waals surface area contributed by atoms with Crippen molar-refractivity contribution in [2.45, 2.75) is 57.7 Å². The number of ether oxygens (including phenoxy) is 1. The number of rotatable bonds is 1. The topological polar surface area (TPSA) is 29.5 Å². The molecule has 1 aromatic carbocycles. The third kappa shape index (κ3) is 3.77. The molecule has 3 nitrogen and oxygen atoms in total. The lowest BCUT2D eigenvalue weighted by Gasteiger charge is -2.34. The standard InChI is InChI=1S/C19H24F3NO2/c1-17(2,3)25-16(24)23-10-8-18(9-11-23)12-15(18)13-6-4-5-7-14(13)19(20,21)22/h4-7,15H,8-12H2,1-3H3. The molecule has 0 bridgehead atoms. The van der Waals surface area contributed by atoms with Gasteiger partial charge in [0.05, 0.1) is 5.56 Å². The first-order valence-electron chi connectivity index (χ1n) is 8.66. The second-order valence-electron chi connectivity index (χ2n) is 8.17. The van der Waals surface area contributed by atoms with E-state index in [1.165, 1.54) is 6.07 Å². The van der Waals surface area contributed by atoms with Crippen molar-refractivity contribution in [2.75, 3.05) is 13.1 Å². The maximum Gasteiger partial charge on any atom is 0.416 e. The fourth-order valence-electron chi connectivity index (χ4n) is 3.86. The normalized spacial score (nSPS) is 22.8. The molecule has 138 valence electrons. The zero-order valence-corrected chi connectivity index (χ0v) is 14.8. The van der Waals surface area contributed by atoms with E-state index in [-0.39, 0.29) is 17.4 Å². The third-order valence-corrected chi connectivity index (χ3v) is 5.24. The summed E-state index contributed by atoms with van der Waals surface area (Å²) in [5.74, 6) is -0.0638. The Kier molecular flexibility index (Phi) is 4.28. The van der Waals surface area contributed by atoms with Crippen molar-refractivity contribution in [3.05, 3.63) is 35.4 Å². The molecular formula is C19H24F3NO2. The largest absolute Gasteiger partial charge is 0.444 e. The van der Waals surface area contributed by atoms with Gasteiger partial charge in [-0.25, -0.2) is 4.79 Å². The van der Waals surface area contributed by atoms with Gasteiger partial charge in [-0.3, -0.25) is 0 Å². The molecule has 6 heteroatoms. The quantitative estimate of drug-likeness (QED) is 0.692. The monoisotopic (exact) mass is 355 g/mol. The van der Waals surface area contributed by atoms with Gasteiger partial charge in [-0.1, -0.05) is 18.2 Å². The minimum absolute atomic E-state index is 0.0638. The average Bonchev–Trinajstić information content (AvgIpc) is 3.19. The molecule has 1 spiro atoms. The Balaban J connectivity index is 1.67. The molecule has 1 saturated heterocycles. The Hall–Kier alpha value is -1.72. The lowest BCUT2D eigenvalue weighted by atomic mass is 9.87. The Morgan fingerprint density at radius 2 is 1.76 bits per heavy atom. The van der Waals surface area contributed by atoms with Gasteiger partial charge in [-0.2, -0.15) is 13.2 Å². The molecule has 25 heavy (non-hydrogen) atoms. The van der Waals surface area contributed by atoms with Crippen molar-refractivity contribution in [3.63, 3.8) is 0 Å². The number of hydrogen-bond acceptors (Lipinski definition) is 2. The molecule has 1 heterocycles. The Labute approximate surface area is 146 Å². The zero-order chi connectivity index (χ0) is 18.5. The lowest BCUT2D eigenvalue weighted by Crippen LogP contribution is -2.42. The lowest BCUT2D eigenvalue weighted by molar-refractivity contribution is -0.138. The Morgan fingerprint density at radius 1 is 1.16 bits per heavy atom. The highest BCUT2D eigenvalue weighted by molar-refractivity contribution is 5.68. The summed E-state index contributed by atoms with van der Waals surface area (Å²) in [6, 6.07) is 5.87. The van der Waals surface area contributed by atoms with Crippen LogP contribution in [-0.4, -0.2) is 29.7 Å². The van der Waals surface area contributed by atoms with Gasteiger partial charge in [-0.05, 0) is 63.0 Å². The summed E-state index contributed by atoms with van der Waals surface area (Å²) in [6.07, 6.45) is -2.44. The summed E-state index contributed by atoms with van der Waals surface area (Å²) in [5, 5.41) is 0. The number of hydrogen-bond donors (Lipinski definition) is 0. The highest BCUT2D eigenvalue weighted by atomic mass is 19.4. The van der Waals surface area contributed by atoms with E-state index in [1.54, 1.807) is 17.0 Å². The number of benzene rings is 1. The van der Waals surface area contributed by atoms with Crippen LogP contribution in [0.5, 0.6) is 0 Å². The maximum atomic E-state index is 13.2. The Morgan fingerprint density at radius 3 is 2.32 bits per heavy atom. The molecule has 1 amide bonds. The molecule has 0 radical (unpaired) electrons. The van der Waals surface area contributed by atoms with Crippen molar-refractivity contribution in [2.24, 2.45) is 5.41 Å². The fourth-order valence-corrected chi connectivity index (χ4v) is 3.86. The summed E-state index contributed by atoms with van der Waals surface area (Å²) in [7, 11) is 0. The predicted octanol–water partition coefficient (Wildman–Crippen LogP) is 5.21. The Bertz CT molecular complexity index is 655. The van der Waals surface area contributed by atoms with Crippen LogP contribution in [0.25, 0.3) is 0 Å². The highest BCUT2D eigenvalue weighted by Crippen LogP contribution is 2.66. The summed E-state index contributed by atoms with van der Waals surface area (Å²) in [4.78, 5) is 13.8. The van der Waals surface area contributed by atoms with Crippen LogP contribution < -0.4 is 0 Å². The first kappa shape index (κ1) is 18.1. The van der Waals surface area contributed by atoms with Crippen molar-refractivity contribution >= 4 is 6.09 Å². The average molecular weight is 355 g/mol. The van der Waals surface area contributed by atoms with Crippen LogP contribution in [0.1, 0.15) is 57.1 Å². The SMILES string of the molecule is CC(C)(C)OC(=O)N1CCC2(CC1)CC2c1ccccc1C(F)(F)F. The maximum absolute atomic E-state index is 13.2.